The molecule has 0 saturated heterocycles. The lowest BCUT2D eigenvalue weighted by molar-refractivity contribution is -0.141. The molecule has 0 bridgehead atoms. The summed E-state index contributed by atoms with van der Waals surface area (Å²) >= 11 is 6.25. The first kappa shape index (κ1) is 32.2. The summed E-state index contributed by atoms with van der Waals surface area (Å²) in [6, 6.07) is 20.8. The van der Waals surface area contributed by atoms with Crippen LogP contribution in [0.4, 0.5) is 5.69 Å². The van der Waals surface area contributed by atoms with Gasteiger partial charge in [-0.25, -0.2) is 8.42 Å². The average Bonchev–Trinajstić information content (AvgIpc) is 2.96. The van der Waals surface area contributed by atoms with Crippen LogP contribution in [0.25, 0.3) is 0 Å². The highest BCUT2D eigenvalue weighted by molar-refractivity contribution is 7.92. The summed E-state index contributed by atoms with van der Waals surface area (Å²) in [5.41, 5.74) is 2.12. The van der Waals surface area contributed by atoms with Crippen molar-refractivity contribution in [2.45, 2.75) is 51.7 Å². The Bertz CT molecular complexity index is 1520. The number of benzene rings is 3. The molecule has 9 nitrogen and oxygen atoms in total. The first-order valence-corrected chi connectivity index (χ1v) is 16.5. The number of rotatable bonds is 13. The fraction of sp³-hybridized carbons (Fsp3) is 0.375. The Morgan fingerprint density at radius 1 is 0.930 bits per heavy atom. The summed E-state index contributed by atoms with van der Waals surface area (Å²) in [5.74, 6) is 0.499. The van der Waals surface area contributed by atoms with E-state index in [4.69, 9.17) is 21.1 Å². The SMILES string of the molecule is CC(C)NC(=O)[C@@H](Cc1ccccc1)N(Cc1cccc(Cl)c1)C(=O)CCCN(c1ccc2c(c1)OCCO2)S(C)(=O)=O. The number of nitrogens with zero attached hydrogens (tertiary/aromatic N) is 2. The maximum atomic E-state index is 13.9. The van der Waals surface area contributed by atoms with Gasteiger partial charge in [0.15, 0.2) is 11.5 Å². The number of fused-ring (bicyclic) bond motifs is 1. The van der Waals surface area contributed by atoms with E-state index in [1.165, 1.54) is 4.31 Å². The number of carbonyl (C=O) groups excluding carboxylic acids is 2. The highest BCUT2D eigenvalue weighted by Crippen LogP contribution is 2.35. The molecule has 0 unspecified atom stereocenters. The Morgan fingerprint density at radius 3 is 2.30 bits per heavy atom. The fourth-order valence-corrected chi connectivity index (χ4v) is 6.13. The lowest BCUT2D eigenvalue weighted by atomic mass is 10.0. The van der Waals surface area contributed by atoms with Gasteiger partial charge >= 0.3 is 0 Å². The minimum Gasteiger partial charge on any atom is -0.486 e. The van der Waals surface area contributed by atoms with E-state index in [0.29, 0.717) is 41.8 Å². The van der Waals surface area contributed by atoms with Gasteiger partial charge in [-0.2, -0.15) is 0 Å². The number of ether oxygens (including phenoxy) is 2. The minimum absolute atomic E-state index is 0.0252. The van der Waals surface area contributed by atoms with Gasteiger partial charge in [-0.05, 0) is 55.7 Å². The summed E-state index contributed by atoms with van der Waals surface area (Å²) < 4.78 is 38.0. The van der Waals surface area contributed by atoms with Crippen molar-refractivity contribution in [3.05, 3.63) is 88.9 Å². The van der Waals surface area contributed by atoms with Crippen LogP contribution in [0.3, 0.4) is 0 Å². The van der Waals surface area contributed by atoms with Gasteiger partial charge in [-0.1, -0.05) is 54.1 Å². The van der Waals surface area contributed by atoms with Crippen molar-refractivity contribution < 1.29 is 27.5 Å². The second-order valence-electron chi connectivity index (χ2n) is 10.8. The molecule has 3 aromatic carbocycles. The maximum absolute atomic E-state index is 13.9. The van der Waals surface area contributed by atoms with E-state index < -0.39 is 16.1 Å². The Labute approximate surface area is 258 Å². The molecule has 4 rings (SSSR count). The Morgan fingerprint density at radius 2 is 1.63 bits per heavy atom. The number of hydrogen-bond acceptors (Lipinski definition) is 6. The lowest BCUT2D eigenvalue weighted by Gasteiger charge is -2.32. The second kappa shape index (κ2) is 14.6. The van der Waals surface area contributed by atoms with E-state index in [-0.39, 0.29) is 43.8 Å². The molecule has 1 heterocycles. The van der Waals surface area contributed by atoms with Crippen LogP contribution in [0.2, 0.25) is 5.02 Å². The molecule has 0 aromatic heterocycles. The molecule has 3 aromatic rings. The number of sulfonamides is 1. The number of halogens is 1. The van der Waals surface area contributed by atoms with E-state index in [1.54, 1.807) is 41.3 Å². The van der Waals surface area contributed by atoms with Gasteiger partial charge in [0.25, 0.3) is 0 Å². The molecular formula is C32H38ClN3O6S. The zero-order chi connectivity index (χ0) is 31.0. The van der Waals surface area contributed by atoms with E-state index in [0.717, 1.165) is 17.4 Å². The van der Waals surface area contributed by atoms with Gasteiger partial charge in [0.2, 0.25) is 21.8 Å². The zero-order valence-corrected chi connectivity index (χ0v) is 26.2. The molecule has 1 aliphatic rings. The van der Waals surface area contributed by atoms with Crippen LogP contribution < -0.4 is 19.1 Å². The van der Waals surface area contributed by atoms with Gasteiger partial charge in [-0.3, -0.25) is 13.9 Å². The highest BCUT2D eigenvalue weighted by Gasteiger charge is 2.31. The standard InChI is InChI=1S/C32H38ClN3O6S/c1-23(2)34-32(38)28(20-24-9-5-4-6-10-24)35(22-25-11-7-12-26(33)19-25)31(37)13-8-16-36(43(3,39)40)27-14-15-29-30(21-27)42-18-17-41-29/h4-7,9-12,14-15,19,21,23,28H,8,13,16-18,20,22H2,1-3H3,(H,34,38)/t28-/m1/s1. The van der Waals surface area contributed by atoms with Gasteiger partial charge in [0, 0.05) is 43.1 Å². The number of anilines is 1. The third-order valence-corrected chi connectivity index (χ3v) is 8.34. The van der Waals surface area contributed by atoms with Gasteiger partial charge in [0.1, 0.15) is 19.3 Å². The normalized spacial score (nSPS) is 13.3. The first-order chi connectivity index (χ1) is 20.5. The molecule has 1 N–H and O–H groups in total. The minimum atomic E-state index is -3.67. The number of hydrogen-bond donors (Lipinski definition) is 1. The van der Waals surface area contributed by atoms with Gasteiger partial charge in [0.05, 0.1) is 11.9 Å². The fourth-order valence-electron chi connectivity index (χ4n) is 4.96. The average molecular weight is 628 g/mol. The van der Waals surface area contributed by atoms with Crippen LogP contribution in [-0.2, 0) is 32.6 Å². The van der Waals surface area contributed by atoms with Crippen LogP contribution in [-0.4, -0.2) is 63.2 Å². The molecule has 2 amide bonds. The van der Waals surface area contributed by atoms with E-state index in [1.807, 2.05) is 50.2 Å². The van der Waals surface area contributed by atoms with Crippen LogP contribution in [0, 0.1) is 0 Å². The van der Waals surface area contributed by atoms with Gasteiger partial charge < -0.3 is 19.7 Å². The number of carbonyl (C=O) groups is 2. The summed E-state index contributed by atoms with van der Waals surface area (Å²) in [4.78, 5) is 29.0. The van der Waals surface area contributed by atoms with Crippen LogP contribution >= 0.6 is 11.6 Å². The Balaban J connectivity index is 1.57. The lowest BCUT2D eigenvalue weighted by Crippen LogP contribution is -2.51. The molecule has 230 valence electrons. The summed E-state index contributed by atoms with van der Waals surface area (Å²) in [6.45, 7) is 4.78. The topological polar surface area (TPSA) is 105 Å². The number of amides is 2. The van der Waals surface area contributed by atoms with Crippen molar-refractivity contribution in [1.82, 2.24) is 10.2 Å². The second-order valence-corrected chi connectivity index (χ2v) is 13.1. The van der Waals surface area contributed by atoms with Crippen molar-refractivity contribution in [3.8, 4) is 11.5 Å². The molecule has 11 heteroatoms. The monoisotopic (exact) mass is 627 g/mol. The van der Waals surface area contributed by atoms with Crippen LogP contribution in [0.1, 0.15) is 37.8 Å². The van der Waals surface area contributed by atoms with Crippen LogP contribution in [0.15, 0.2) is 72.8 Å². The Hall–Kier alpha value is -3.76. The van der Waals surface area contributed by atoms with Crippen LogP contribution in [0.5, 0.6) is 11.5 Å². The van der Waals surface area contributed by atoms with Crippen molar-refractivity contribution >= 4 is 39.1 Å². The predicted octanol–water partition coefficient (Wildman–Crippen LogP) is 4.82. The molecule has 0 saturated carbocycles. The Kier molecular flexibility index (Phi) is 10.9. The zero-order valence-electron chi connectivity index (χ0n) is 24.7. The summed E-state index contributed by atoms with van der Waals surface area (Å²) in [6.07, 6.45) is 1.70. The predicted molar refractivity (Wildman–Crippen MR) is 168 cm³/mol. The summed E-state index contributed by atoms with van der Waals surface area (Å²) in [5, 5.41) is 3.49. The van der Waals surface area contributed by atoms with Crippen molar-refractivity contribution in [1.29, 1.82) is 0 Å². The quantitative estimate of drug-likeness (QED) is 0.291. The third kappa shape index (κ3) is 9.11. The number of nitrogens with one attached hydrogen (secondary N) is 1. The molecular weight excluding hydrogens is 590 g/mol. The molecule has 0 radical (unpaired) electrons. The van der Waals surface area contributed by atoms with E-state index in [2.05, 4.69) is 5.32 Å². The molecule has 1 aliphatic heterocycles. The molecule has 0 aliphatic carbocycles. The largest absolute Gasteiger partial charge is 0.486 e. The third-order valence-electron chi connectivity index (χ3n) is 6.91. The molecule has 1 atom stereocenters. The highest BCUT2D eigenvalue weighted by atomic mass is 35.5. The molecule has 43 heavy (non-hydrogen) atoms. The van der Waals surface area contributed by atoms with E-state index in [9.17, 15) is 18.0 Å². The summed E-state index contributed by atoms with van der Waals surface area (Å²) in [7, 11) is -3.67. The van der Waals surface area contributed by atoms with Crippen molar-refractivity contribution in [2.24, 2.45) is 0 Å². The maximum Gasteiger partial charge on any atom is 0.243 e. The van der Waals surface area contributed by atoms with Crippen molar-refractivity contribution in [3.63, 3.8) is 0 Å². The van der Waals surface area contributed by atoms with E-state index >= 15 is 0 Å². The smallest absolute Gasteiger partial charge is 0.243 e. The first-order valence-electron chi connectivity index (χ1n) is 14.3. The van der Waals surface area contributed by atoms with Crippen molar-refractivity contribution in [2.75, 3.05) is 30.3 Å². The molecule has 0 fully saturated rings. The van der Waals surface area contributed by atoms with Gasteiger partial charge in [-0.15, -0.1) is 0 Å². The molecule has 0 spiro atoms.